The van der Waals surface area contributed by atoms with Crippen LogP contribution in [0.4, 0.5) is 5.82 Å². The van der Waals surface area contributed by atoms with Crippen molar-refractivity contribution in [3.8, 4) is 10.6 Å². The van der Waals surface area contributed by atoms with Crippen molar-refractivity contribution in [3.63, 3.8) is 0 Å². The number of nitrogens with zero attached hydrogens (tertiary/aromatic N) is 3. The number of nitrogens with one attached hydrogen (secondary N) is 1. The molecule has 0 aliphatic carbocycles. The van der Waals surface area contributed by atoms with E-state index in [0.717, 1.165) is 21.6 Å². The number of anilines is 1. The Morgan fingerprint density at radius 1 is 1.41 bits per heavy atom. The van der Waals surface area contributed by atoms with E-state index in [0.29, 0.717) is 5.82 Å². The van der Waals surface area contributed by atoms with Crippen LogP contribution in [0.2, 0.25) is 0 Å². The number of hydrazine groups is 1. The first kappa shape index (κ1) is 10.2. The summed E-state index contributed by atoms with van der Waals surface area (Å²) >= 11 is 1.55. The van der Waals surface area contributed by atoms with Gasteiger partial charge in [0.05, 0.1) is 17.4 Å². The van der Waals surface area contributed by atoms with Crippen LogP contribution in [0.3, 0.4) is 0 Å². The quantitative estimate of drug-likeness (QED) is 0.535. The predicted octanol–water partition coefficient (Wildman–Crippen LogP) is 1.98. The second kappa shape index (κ2) is 3.83. The monoisotopic (exact) mass is 245 g/mol. The summed E-state index contributed by atoms with van der Waals surface area (Å²) in [6.07, 6.45) is 1.81. The smallest absolute Gasteiger partial charge is 0.151 e. The van der Waals surface area contributed by atoms with Crippen molar-refractivity contribution in [2.45, 2.75) is 0 Å². The van der Waals surface area contributed by atoms with Gasteiger partial charge in [-0.05, 0) is 18.2 Å². The van der Waals surface area contributed by atoms with Crippen LogP contribution in [0.1, 0.15) is 0 Å². The first-order valence-corrected chi connectivity index (χ1v) is 5.99. The second-order valence-electron chi connectivity index (χ2n) is 3.74. The zero-order chi connectivity index (χ0) is 11.8. The van der Waals surface area contributed by atoms with E-state index >= 15 is 0 Å². The molecule has 5 nitrogen and oxygen atoms in total. The molecule has 2 heterocycles. The molecule has 0 unspecified atom stereocenters. The SMILES string of the molecule is Cn1cnc2cc(-c3nc(NN)cs3)ccc21. The Labute approximate surface area is 102 Å². The van der Waals surface area contributed by atoms with Crippen LogP contribution in [-0.2, 0) is 7.05 Å². The van der Waals surface area contributed by atoms with Gasteiger partial charge in [-0.25, -0.2) is 15.8 Å². The summed E-state index contributed by atoms with van der Waals surface area (Å²) in [5.41, 5.74) is 5.68. The van der Waals surface area contributed by atoms with E-state index in [1.54, 1.807) is 11.3 Å². The molecule has 0 bridgehead atoms. The van der Waals surface area contributed by atoms with E-state index in [9.17, 15) is 0 Å². The van der Waals surface area contributed by atoms with Crippen molar-refractivity contribution >= 4 is 28.2 Å². The molecule has 0 aliphatic rings. The Morgan fingerprint density at radius 2 is 2.29 bits per heavy atom. The highest BCUT2D eigenvalue weighted by Gasteiger charge is 2.06. The molecule has 3 rings (SSSR count). The lowest BCUT2D eigenvalue weighted by Gasteiger charge is -1.98. The minimum absolute atomic E-state index is 0.686. The maximum atomic E-state index is 5.31. The molecule has 0 fully saturated rings. The van der Waals surface area contributed by atoms with E-state index in [1.807, 2.05) is 35.5 Å². The van der Waals surface area contributed by atoms with Gasteiger partial charge in [0.25, 0.3) is 0 Å². The van der Waals surface area contributed by atoms with Gasteiger partial charge < -0.3 is 9.99 Å². The number of imidazole rings is 1. The number of hydrogen-bond donors (Lipinski definition) is 2. The van der Waals surface area contributed by atoms with Crippen molar-refractivity contribution in [1.29, 1.82) is 0 Å². The predicted molar refractivity (Wildman–Crippen MR) is 69.6 cm³/mol. The molecule has 0 spiro atoms. The molecule has 17 heavy (non-hydrogen) atoms. The highest BCUT2D eigenvalue weighted by Crippen LogP contribution is 2.27. The van der Waals surface area contributed by atoms with Gasteiger partial charge in [0, 0.05) is 18.0 Å². The maximum absolute atomic E-state index is 5.31. The Kier molecular flexibility index (Phi) is 2.31. The number of rotatable bonds is 2. The fourth-order valence-electron chi connectivity index (χ4n) is 1.74. The van der Waals surface area contributed by atoms with Crippen LogP contribution in [0, 0.1) is 0 Å². The Morgan fingerprint density at radius 3 is 3.06 bits per heavy atom. The fourth-order valence-corrected chi connectivity index (χ4v) is 2.50. The highest BCUT2D eigenvalue weighted by molar-refractivity contribution is 7.13. The van der Waals surface area contributed by atoms with Crippen LogP contribution in [0.25, 0.3) is 21.6 Å². The summed E-state index contributed by atoms with van der Waals surface area (Å²) in [5.74, 6) is 6.00. The van der Waals surface area contributed by atoms with E-state index < -0.39 is 0 Å². The fraction of sp³-hybridized carbons (Fsp3) is 0.0909. The lowest BCUT2D eigenvalue weighted by molar-refractivity contribution is 0.948. The molecule has 0 saturated carbocycles. The minimum Gasteiger partial charge on any atom is -0.334 e. The number of benzene rings is 1. The molecule has 86 valence electrons. The summed E-state index contributed by atoms with van der Waals surface area (Å²) in [6, 6.07) is 6.13. The molecule has 1 aromatic carbocycles. The zero-order valence-electron chi connectivity index (χ0n) is 9.21. The standard InChI is InChI=1S/C11H11N5S/c1-16-6-13-8-4-7(2-3-9(8)16)11-14-10(15-12)5-17-11/h2-6,15H,12H2,1H3. The van der Waals surface area contributed by atoms with Gasteiger partial charge in [-0.1, -0.05) is 0 Å². The molecule has 0 radical (unpaired) electrons. The summed E-state index contributed by atoms with van der Waals surface area (Å²) < 4.78 is 1.99. The molecular formula is C11H11N5S. The maximum Gasteiger partial charge on any atom is 0.151 e. The summed E-state index contributed by atoms with van der Waals surface area (Å²) in [7, 11) is 1.98. The molecule has 0 amide bonds. The topological polar surface area (TPSA) is 68.8 Å². The van der Waals surface area contributed by atoms with E-state index in [4.69, 9.17) is 5.84 Å². The van der Waals surface area contributed by atoms with Crippen LogP contribution >= 0.6 is 11.3 Å². The zero-order valence-corrected chi connectivity index (χ0v) is 10.0. The molecule has 0 atom stereocenters. The van der Waals surface area contributed by atoms with Crippen LogP contribution < -0.4 is 11.3 Å². The lowest BCUT2D eigenvalue weighted by Crippen LogP contribution is -2.06. The average molecular weight is 245 g/mol. The van der Waals surface area contributed by atoms with E-state index in [-0.39, 0.29) is 0 Å². The van der Waals surface area contributed by atoms with Gasteiger partial charge in [-0.3, -0.25) is 0 Å². The average Bonchev–Trinajstić information content (AvgIpc) is 2.96. The number of hydrogen-bond acceptors (Lipinski definition) is 5. The van der Waals surface area contributed by atoms with Gasteiger partial charge >= 0.3 is 0 Å². The normalized spacial score (nSPS) is 10.9. The van der Waals surface area contributed by atoms with Gasteiger partial charge in [0.1, 0.15) is 5.01 Å². The molecule has 0 saturated heterocycles. The van der Waals surface area contributed by atoms with Gasteiger partial charge in [0.2, 0.25) is 0 Å². The Bertz CT molecular complexity index is 669. The van der Waals surface area contributed by atoms with Crippen molar-refractivity contribution in [2.75, 3.05) is 5.43 Å². The van der Waals surface area contributed by atoms with E-state index in [1.165, 1.54) is 0 Å². The third-order valence-corrected chi connectivity index (χ3v) is 3.52. The van der Waals surface area contributed by atoms with Gasteiger partial charge in [0.15, 0.2) is 5.82 Å². The Balaban J connectivity index is 2.11. The van der Waals surface area contributed by atoms with Crippen molar-refractivity contribution < 1.29 is 0 Å². The van der Waals surface area contributed by atoms with Crippen molar-refractivity contribution in [3.05, 3.63) is 29.9 Å². The van der Waals surface area contributed by atoms with Gasteiger partial charge in [-0.2, -0.15) is 0 Å². The van der Waals surface area contributed by atoms with E-state index in [2.05, 4.69) is 21.5 Å². The number of aryl methyl sites for hydroxylation is 1. The number of aromatic nitrogens is 3. The van der Waals surface area contributed by atoms with Crippen LogP contribution in [0.15, 0.2) is 29.9 Å². The molecule has 3 aromatic rings. The molecule has 2 aromatic heterocycles. The first-order valence-electron chi connectivity index (χ1n) is 5.11. The third-order valence-electron chi connectivity index (χ3n) is 2.62. The highest BCUT2D eigenvalue weighted by atomic mass is 32.1. The molecule has 6 heteroatoms. The van der Waals surface area contributed by atoms with Gasteiger partial charge in [-0.15, -0.1) is 11.3 Å². The third kappa shape index (κ3) is 1.67. The number of nitrogen functional groups attached to an aromatic ring is 1. The van der Waals surface area contributed by atoms with Crippen molar-refractivity contribution in [1.82, 2.24) is 14.5 Å². The number of fused-ring (bicyclic) bond motifs is 1. The van der Waals surface area contributed by atoms with Crippen LogP contribution in [0.5, 0.6) is 0 Å². The minimum atomic E-state index is 0.686. The number of nitrogens with two attached hydrogens (primary N) is 1. The summed E-state index contributed by atoms with van der Waals surface area (Å²) in [4.78, 5) is 8.69. The summed E-state index contributed by atoms with van der Waals surface area (Å²) in [5, 5.41) is 2.82. The lowest BCUT2D eigenvalue weighted by atomic mass is 10.2. The molecule has 0 aliphatic heterocycles. The largest absolute Gasteiger partial charge is 0.334 e. The first-order chi connectivity index (χ1) is 8.28. The van der Waals surface area contributed by atoms with Crippen LogP contribution in [-0.4, -0.2) is 14.5 Å². The number of thiazole rings is 1. The second-order valence-corrected chi connectivity index (χ2v) is 4.60. The molecular weight excluding hydrogens is 234 g/mol. The summed E-state index contributed by atoms with van der Waals surface area (Å²) in [6.45, 7) is 0. The van der Waals surface area contributed by atoms with Crippen molar-refractivity contribution in [2.24, 2.45) is 12.9 Å². The molecule has 3 N–H and O–H groups in total. The Hall–Kier alpha value is -1.92.